The zero-order valence-electron chi connectivity index (χ0n) is 11.5. The SMILES string of the molecule is CC(NC(C)C1CC2CCC1C2)c1cc(Cl)sc1Cl. The van der Waals surface area contributed by atoms with Gasteiger partial charge in [0.15, 0.2) is 0 Å². The molecule has 2 aliphatic carbocycles. The molecule has 3 rings (SSSR count). The topological polar surface area (TPSA) is 12.0 Å². The Morgan fingerprint density at radius 3 is 2.58 bits per heavy atom. The summed E-state index contributed by atoms with van der Waals surface area (Å²) in [4.78, 5) is 0. The molecule has 0 aromatic carbocycles. The number of hydrogen-bond acceptors (Lipinski definition) is 2. The van der Waals surface area contributed by atoms with E-state index in [1.54, 1.807) is 0 Å². The molecule has 0 saturated heterocycles. The third kappa shape index (κ3) is 2.83. The van der Waals surface area contributed by atoms with E-state index >= 15 is 0 Å². The Hall–Kier alpha value is 0.240. The summed E-state index contributed by atoms with van der Waals surface area (Å²) in [6.45, 7) is 4.53. The van der Waals surface area contributed by atoms with Gasteiger partial charge < -0.3 is 5.32 Å². The van der Waals surface area contributed by atoms with E-state index in [0.29, 0.717) is 6.04 Å². The van der Waals surface area contributed by atoms with E-state index in [2.05, 4.69) is 19.2 Å². The maximum atomic E-state index is 6.24. The molecule has 19 heavy (non-hydrogen) atoms. The van der Waals surface area contributed by atoms with Crippen LogP contribution >= 0.6 is 34.5 Å². The summed E-state index contributed by atoms with van der Waals surface area (Å²) in [5.41, 5.74) is 1.15. The summed E-state index contributed by atoms with van der Waals surface area (Å²) >= 11 is 13.7. The molecule has 2 bridgehead atoms. The molecule has 5 atom stereocenters. The van der Waals surface area contributed by atoms with Crippen LogP contribution in [0, 0.1) is 17.8 Å². The predicted octanol–water partition coefficient (Wildman–Crippen LogP) is 5.53. The Labute approximate surface area is 129 Å². The molecule has 0 spiro atoms. The van der Waals surface area contributed by atoms with Gasteiger partial charge in [-0.1, -0.05) is 29.6 Å². The van der Waals surface area contributed by atoms with Gasteiger partial charge in [-0.2, -0.15) is 0 Å². The van der Waals surface area contributed by atoms with Gasteiger partial charge in [0.2, 0.25) is 0 Å². The summed E-state index contributed by atoms with van der Waals surface area (Å²) in [5, 5.41) is 3.74. The van der Waals surface area contributed by atoms with Gasteiger partial charge in [0, 0.05) is 12.1 Å². The van der Waals surface area contributed by atoms with Crippen LogP contribution in [0.4, 0.5) is 0 Å². The van der Waals surface area contributed by atoms with Crippen LogP contribution in [0.5, 0.6) is 0 Å². The number of hydrogen-bond donors (Lipinski definition) is 1. The van der Waals surface area contributed by atoms with E-state index in [1.807, 2.05) is 6.07 Å². The molecule has 2 aliphatic rings. The Morgan fingerprint density at radius 2 is 2.05 bits per heavy atom. The second kappa shape index (κ2) is 5.55. The molecule has 1 N–H and O–H groups in total. The summed E-state index contributed by atoms with van der Waals surface area (Å²) in [5.74, 6) is 2.82. The van der Waals surface area contributed by atoms with Crippen LogP contribution in [-0.2, 0) is 0 Å². The highest BCUT2D eigenvalue weighted by atomic mass is 35.5. The van der Waals surface area contributed by atoms with Gasteiger partial charge in [0.1, 0.15) is 0 Å². The van der Waals surface area contributed by atoms with Gasteiger partial charge in [-0.3, -0.25) is 0 Å². The predicted molar refractivity (Wildman–Crippen MR) is 84.3 cm³/mol. The summed E-state index contributed by atoms with van der Waals surface area (Å²) in [7, 11) is 0. The van der Waals surface area contributed by atoms with Crippen LogP contribution in [0.25, 0.3) is 0 Å². The first kappa shape index (κ1) is 14.2. The van der Waals surface area contributed by atoms with Crippen LogP contribution in [0.1, 0.15) is 51.1 Å². The van der Waals surface area contributed by atoms with E-state index < -0.39 is 0 Å². The van der Waals surface area contributed by atoms with Crippen molar-refractivity contribution in [1.82, 2.24) is 5.32 Å². The van der Waals surface area contributed by atoms with Gasteiger partial charge in [0.25, 0.3) is 0 Å². The van der Waals surface area contributed by atoms with Gasteiger partial charge in [-0.15, -0.1) is 11.3 Å². The van der Waals surface area contributed by atoms with E-state index in [9.17, 15) is 0 Å². The third-order valence-corrected chi connectivity index (χ3v) is 6.62. The summed E-state index contributed by atoms with van der Waals surface area (Å²) in [6.07, 6.45) is 5.80. The minimum Gasteiger partial charge on any atom is -0.307 e. The van der Waals surface area contributed by atoms with E-state index in [-0.39, 0.29) is 6.04 Å². The average molecular weight is 318 g/mol. The zero-order chi connectivity index (χ0) is 13.6. The van der Waals surface area contributed by atoms with Gasteiger partial charge >= 0.3 is 0 Å². The first-order valence-electron chi connectivity index (χ1n) is 7.25. The molecule has 2 saturated carbocycles. The fraction of sp³-hybridized carbons (Fsp3) is 0.733. The molecule has 2 fully saturated rings. The normalized spacial score (nSPS) is 32.7. The molecule has 0 radical (unpaired) electrons. The highest BCUT2D eigenvalue weighted by Gasteiger charge is 2.41. The van der Waals surface area contributed by atoms with Crippen LogP contribution in [0.15, 0.2) is 6.07 Å². The number of fused-ring (bicyclic) bond motifs is 2. The number of rotatable bonds is 4. The molecule has 1 heterocycles. The Kier molecular flexibility index (Phi) is 4.15. The second-order valence-corrected chi connectivity index (χ2v) is 8.58. The second-order valence-electron chi connectivity index (χ2n) is 6.30. The lowest BCUT2D eigenvalue weighted by Crippen LogP contribution is -2.37. The molecule has 106 valence electrons. The van der Waals surface area contributed by atoms with E-state index in [1.165, 1.54) is 37.0 Å². The molecule has 1 aromatic heterocycles. The van der Waals surface area contributed by atoms with E-state index in [4.69, 9.17) is 23.2 Å². The smallest absolute Gasteiger partial charge is 0.0991 e. The van der Waals surface area contributed by atoms with Crippen molar-refractivity contribution in [3.05, 3.63) is 20.3 Å². The quantitative estimate of drug-likeness (QED) is 0.769. The third-order valence-electron chi connectivity index (χ3n) is 5.10. The Balaban J connectivity index is 1.63. The van der Waals surface area contributed by atoms with Crippen LogP contribution in [-0.4, -0.2) is 6.04 Å². The van der Waals surface area contributed by atoms with E-state index in [0.717, 1.165) is 32.0 Å². The highest BCUT2D eigenvalue weighted by Crippen LogP contribution is 2.49. The van der Waals surface area contributed by atoms with Crippen LogP contribution < -0.4 is 5.32 Å². The van der Waals surface area contributed by atoms with Crippen LogP contribution in [0.2, 0.25) is 8.67 Å². The van der Waals surface area contributed by atoms with Crippen molar-refractivity contribution in [1.29, 1.82) is 0 Å². The lowest BCUT2D eigenvalue weighted by atomic mass is 9.83. The van der Waals surface area contributed by atoms with Crippen molar-refractivity contribution in [2.75, 3.05) is 0 Å². The minimum absolute atomic E-state index is 0.283. The van der Waals surface area contributed by atoms with Crippen molar-refractivity contribution in [3.8, 4) is 0 Å². The lowest BCUT2D eigenvalue weighted by molar-refractivity contribution is 0.248. The Morgan fingerprint density at radius 1 is 1.26 bits per heavy atom. The lowest BCUT2D eigenvalue weighted by Gasteiger charge is -2.31. The molecule has 0 amide bonds. The fourth-order valence-corrected chi connectivity index (χ4v) is 5.81. The van der Waals surface area contributed by atoms with Crippen molar-refractivity contribution >= 4 is 34.5 Å². The standard InChI is InChI=1S/C15H21Cl2NS/c1-8(12-6-10-3-4-11(12)5-10)18-9(2)13-7-14(16)19-15(13)17/h7-12,18H,3-6H2,1-2H3. The number of thiophene rings is 1. The summed E-state index contributed by atoms with van der Waals surface area (Å²) < 4.78 is 1.60. The molecule has 4 heteroatoms. The van der Waals surface area contributed by atoms with Crippen LogP contribution in [0.3, 0.4) is 0 Å². The fourth-order valence-electron chi connectivity index (χ4n) is 4.16. The maximum absolute atomic E-state index is 6.24. The first-order valence-corrected chi connectivity index (χ1v) is 8.82. The minimum atomic E-state index is 0.283. The van der Waals surface area contributed by atoms with Gasteiger partial charge in [-0.25, -0.2) is 0 Å². The Bertz CT molecular complexity index is 459. The molecule has 0 aliphatic heterocycles. The van der Waals surface area contributed by atoms with Crippen molar-refractivity contribution in [2.24, 2.45) is 17.8 Å². The monoisotopic (exact) mass is 317 g/mol. The number of nitrogens with one attached hydrogen (secondary N) is 1. The zero-order valence-corrected chi connectivity index (χ0v) is 13.8. The molecule has 5 unspecified atom stereocenters. The average Bonchev–Trinajstić information content (AvgIpc) is 3.03. The van der Waals surface area contributed by atoms with Crippen molar-refractivity contribution in [3.63, 3.8) is 0 Å². The van der Waals surface area contributed by atoms with Crippen molar-refractivity contribution < 1.29 is 0 Å². The van der Waals surface area contributed by atoms with Crippen molar-refractivity contribution in [2.45, 2.75) is 51.6 Å². The molecular weight excluding hydrogens is 297 g/mol. The number of halogens is 2. The molecule has 1 nitrogen and oxygen atoms in total. The summed E-state index contributed by atoms with van der Waals surface area (Å²) in [6, 6.07) is 2.85. The molecular formula is C15H21Cl2NS. The van der Waals surface area contributed by atoms with Gasteiger partial charge in [-0.05, 0) is 62.5 Å². The van der Waals surface area contributed by atoms with Gasteiger partial charge in [0.05, 0.1) is 8.67 Å². The highest BCUT2D eigenvalue weighted by molar-refractivity contribution is 7.20. The maximum Gasteiger partial charge on any atom is 0.0991 e. The largest absolute Gasteiger partial charge is 0.307 e. The first-order chi connectivity index (χ1) is 9.04. The molecule has 1 aromatic rings.